The molecule has 1 aliphatic rings. The van der Waals surface area contributed by atoms with Crippen LogP contribution in [-0.2, 0) is 6.54 Å². The summed E-state index contributed by atoms with van der Waals surface area (Å²) in [6.45, 7) is 2.24. The number of hydrogen-bond donors (Lipinski definition) is 1. The van der Waals surface area contributed by atoms with E-state index >= 15 is 0 Å². The molecule has 1 fully saturated rings. The molecule has 4 rings (SSSR count). The Morgan fingerprint density at radius 3 is 2.63 bits per heavy atom. The van der Waals surface area contributed by atoms with Gasteiger partial charge in [0.1, 0.15) is 17.0 Å². The quantitative estimate of drug-likeness (QED) is 0.707. The zero-order valence-electron chi connectivity index (χ0n) is 17.3. The van der Waals surface area contributed by atoms with E-state index in [0.717, 1.165) is 36.9 Å². The summed E-state index contributed by atoms with van der Waals surface area (Å²) in [7, 11) is 3.94. The molecule has 0 aliphatic carbocycles. The number of hydrogen-bond acceptors (Lipinski definition) is 3. The molecular weight excluding hydrogens is 383 g/mol. The van der Waals surface area contributed by atoms with Gasteiger partial charge in [0.15, 0.2) is 0 Å². The molecule has 7 heteroatoms. The highest BCUT2D eigenvalue weighted by Crippen LogP contribution is 2.16. The van der Waals surface area contributed by atoms with Crippen molar-refractivity contribution in [2.45, 2.75) is 25.4 Å². The fourth-order valence-corrected chi connectivity index (χ4v) is 4.12. The van der Waals surface area contributed by atoms with Crippen molar-refractivity contribution in [3.8, 4) is 0 Å². The zero-order chi connectivity index (χ0) is 21.3. The standard InChI is InChI=1S/C23H25FN4O2/c1-26-12-9-19(10-13-26)27(2)22(29)20-14-17-4-3-11-25-21(17)28(23(20)30)15-16-5-7-18(24)8-6-16/h3-8,11,14,19H,9-10,12-13,15H2,1-2H3/p+1. The van der Waals surface area contributed by atoms with Crippen LogP contribution in [0.25, 0.3) is 11.0 Å². The van der Waals surface area contributed by atoms with Crippen LogP contribution < -0.4 is 10.5 Å². The monoisotopic (exact) mass is 409 g/mol. The molecule has 3 aromatic rings. The Labute approximate surface area is 174 Å². The van der Waals surface area contributed by atoms with Crippen LogP contribution in [0, 0.1) is 5.82 Å². The maximum Gasteiger partial charge on any atom is 0.265 e. The van der Waals surface area contributed by atoms with Gasteiger partial charge in [0.05, 0.1) is 26.7 Å². The number of quaternary nitrogens is 1. The molecule has 0 spiro atoms. The van der Waals surface area contributed by atoms with Crippen LogP contribution in [0.5, 0.6) is 0 Å². The lowest BCUT2D eigenvalue weighted by molar-refractivity contribution is -0.885. The van der Waals surface area contributed by atoms with Gasteiger partial charge in [-0.05, 0) is 35.9 Å². The topological polar surface area (TPSA) is 59.6 Å². The third-order valence-corrected chi connectivity index (χ3v) is 6.01. The lowest BCUT2D eigenvalue weighted by Crippen LogP contribution is -3.10. The number of piperidine rings is 1. The number of aromatic nitrogens is 2. The molecule has 156 valence electrons. The predicted octanol–water partition coefficient (Wildman–Crippen LogP) is 1.33. The Hall–Kier alpha value is -3.06. The van der Waals surface area contributed by atoms with E-state index in [9.17, 15) is 14.0 Å². The first kappa shape index (κ1) is 20.2. The van der Waals surface area contributed by atoms with Gasteiger partial charge in [-0.1, -0.05) is 12.1 Å². The van der Waals surface area contributed by atoms with E-state index in [-0.39, 0.29) is 35.4 Å². The summed E-state index contributed by atoms with van der Waals surface area (Å²) in [4.78, 5) is 34.1. The third-order valence-electron chi connectivity index (χ3n) is 6.01. The number of fused-ring (bicyclic) bond motifs is 1. The molecule has 1 amide bonds. The Morgan fingerprint density at radius 1 is 1.23 bits per heavy atom. The minimum Gasteiger partial charge on any atom is -0.338 e. The van der Waals surface area contributed by atoms with Gasteiger partial charge in [0, 0.05) is 37.5 Å². The fourth-order valence-electron chi connectivity index (χ4n) is 4.12. The number of carbonyl (C=O) groups is 1. The fraction of sp³-hybridized carbons (Fsp3) is 0.348. The van der Waals surface area contributed by atoms with E-state index < -0.39 is 0 Å². The van der Waals surface area contributed by atoms with E-state index in [1.165, 1.54) is 21.6 Å². The van der Waals surface area contributed by atoms with Crippen molar-refractivity contribution >= 4 is 16.9 Å². The summed E-state index contributed by atoms with van der Waals surface area (Å²) in [5.41, 5.74) is 1.04. The maximum absolute atomic E-state index is 13.3. The number of amides is 1. The van der Waals surface area contributed by atoms with E-state index in [1.54, 1.807) is 42.4 Å². The molecule has 0 atom stereocenters. The van der Waals surface area contributed by atoms with Crippen LogP contribution in [-0.4, -0.2) is 53.6 Å². The van der Waals surface area contributed by atoms with Crippen molar-refractivity contribution in [1.29, 1.82) is 0 Å². The highest BCUT2D eigenvalue weighted by molar-refractivity contribution is 5.97. The van der Waals surface area contributed by atoms with Crippen LogP contribution in [0.15, 0.2) is 53.5 Å². The summed E-state index contributed by atoms with van der Waals surface area (Å²) in [6.07, 6.45) is 3.47. The smallest absolute Gasteiger partial charge is 0.265 e. The van der Waals surface area contributed by atoms with Gasteiger partial charge >= 0.3 is 0 Å². The number of rotatable bonds is 4. The summed E-state index contributed by atoms with van der Waals surface area (Å²) in [5.74, 6) is -0.595. The van der Waals surface area contributed by atoms with Crippen LogP contribution in [0.4, 0.5) is 4.39 Å². The van der Waals surface area contributed by atoms with Gasteiger partial charge in [-0.2, -0.15) is 0 Å². The number of nitrogens with zero attached hydrogens (tertiary/aromatic N) is 3. The molecule has 0 bridgehead atoms. The van der Waals surface area contributed by atoms with Crippen molar-refractivity contribution in [3.63, 3.8) is 0 Å². The number of pyridine rings is 2. The van der Waals surface area contributed by atoms with Gasteiger partial charge in [0.25, 0.3) is 11.5 Å². The Kier molecular flexibility index (Phi) is 5.63. The van der Waals surface area contributed by atoms with Crippen LogP contribution in [0.1, 0.15) is 28.8 Å². The van der Waals surface area contributed by atoms with Gasteiger partial charge < -0.3 is 9.80 Å². The van der Waals surface area contributed by atoms with Crippen molar-refractivity contribution in [2.75, 3.05) is 27.2 Å². The second kappa shape index (κ2) is 8.36. The largest absolute Gasteiger partial charge is 0.338 e. The molecule has 3 heterocycles. The number of benzene rings is 1. The number of nitrogens with one attached hydrogen (secondary N) is 1. The Morgan fingerprint density at radius 2 is 1.93 bits per heavy atom. The Bertz CT molecular complexity index is 1120. The predicted molar refractivity (Wildman–Crippen MR) is 113 cm³/mol. The lowest BCUT2D eigenvalue weighted by atomic mass is 10.0. The summed E-state index contributed by atoms with van der Waals surface area (Å²) in [5, 5.41) is 0.726. The molecule has 0 radical (unpaired) electrons. The first-order chi connectivity index (χ1) is 14.4. The van der Waals surface area contributed by atoms with E-state index in [0.29, 0.717) is 5.65 Å². The second-order valence-corrected chi connectivity index (χ2v) is 8.10. The summed E-state index contributed by atoms with van der Waals surface area (Å²) in [6, 6.07) is 11.4. The van der Waals surface area contributed by atoms with Crippen molar-refractivity contribution < 1.29 is 14.1 Å². The molecule has 2 aromatic heterocycles. The average Bonchev–Trinajstić information content (AvgIpc) is 2.76. The third kappa shape index (κ3) is 3.98. The van der Waals surface area contributed by atoms with Gasteiger partial charge in [-0.25, -0.2) is 9.37 Å². The minimum absolute atomic E-state index is 0.135. The van der Waals surface area contributed by atoms with Crippen LogP contribution in [0.3, 0.4) is 0 Å². The van der Waals surface area contributed by atoms with Gasteiger partial charge in [0.2, 0.25) is 0 Å². The second-order valence-electron chi connectivity index (χ2n) is 8.10. The van der Waals surface area contributed by atoms with Crippen molar-refractivity contribution in [2.24, 2.45) is 0 Å². The molecular formula is C23H26FN4O2+. The average molecular weight is 409 g/mol. The minimum atomic E-state index is -0.374. The number of likely N-dealkylation sites (tertiary alicyclic amines) is 1. The zero-order valence-corrected chi connectivity index (χ0v) is 17.3. The summed E-state index contributed by atoms with van der Waals surface area (Å²) < 4.78 is 14.8. The van der Waals surface area contributed by atoms with Gasteiger partial charge in [-0.3, -0.25) is 14.2 Å². The lowest BCUT2D eigenvalue weighted by Gasteiger charge is -2.33. The number of carbonyl (C=O) groups excluding carboxylic acids is 1. The maximum atomic E-state index is 13.3. The SMILES string of the molecule is CN(C(=O)c1cc2cccnc2n(Cc2ccc(F)cc2)c1=O)C1CC[NH+](C)CC1. The highest BCUT2D eigenvalue weighted by Gasteiger charge is 2.28. The van der Waals surface area contributed by atoms with Gasteiger partial charge in [-0.15, -0.1) is 0 Å². The first-order valence-corrected chi connectivity index (χ1v) is 10.3. The molecule has 1 aliphatic heterocycles. The van der Waals surface area contributed by atoms with Crippen LogP contribution in [0.2, 0.25) is 0 Å². The molecule has 0 unspecified atom stereocenters. The van der Waals surface area contributed by atoms with Crippen molar-refractivity contribution in [1.82, 2.24) is 14.5 Å². The van der Waals surface area contributed by atoms with E-state index in [4.69, 9.17) is 0 Å². The molecule has 1 aromatic carbocycles. The Balaban J connectivity index is 1.73. The number of halogens is 1. The molecule has 1 N–H and O–H groups in total. The first-order valence-electron chi connectivity index (χ1n) is 10.3. The summed E-state index contributed by atoms with van der Waals surface area (Å²) >= 11 is 0. The van der Waals surface area contributed by atoms with E-state index in [1.807, 2.05) is 6.07 Å². The molecule has 1 saturated heterocycles. The van der Waals surface area contributed by atoms with Crippen LogP contribution >= 0.6 is 0 Å². The van der Waals surface area contributed by atoms with Crippen molar-refractivity contribution in [3.05, 3.63) is 76.0 Å². The highest BCUT2D eigenvalue weighted by atomic mass is 19.1. The normalized spacial score (nSPS) is 19.0. The molecule has 30 heavy (non-hydrogen) atoms. The molecule has 6 nitrogen and oxygen atoms in total. The van der Waals surface area contributed by atoms with E-state index in [2.05, 4.69) is 12.0 Å². The molecule has 0 saturated carbocycles.